The van der Waals surface area contributed by atoms with Gasteiger partial charge in [-0.2, -0.15) is 8.78 Å². The lowest BCUT2D eigenvalue weighted by Gasteiger charge is -2.19. The van der Waals surface area contributed by atoms with Crippen LogP contribution in [0.25, 0.3) is 0 Å². The van der Waals surface area contributed by atoms with Gasteiger partial charge in [-0.25, -0.2) is 13.2 Å². The number of sulfonamides is 1. The highest BCUT2D eigenvalue weighted by Gasteiger charge is 2.31. The average molecular weight is 489 g/mol. The first-order valence-electron chi connectivity index (χ1n) is 10.3. The molecule has 0 aromatic heterocycles. The van der Waals surface area contributed by atoms with Crippen molar-refractivity contribution in [3.05, 3.63) is 83.4 Å². The second-order valence-corrected chi connectivity index (χ2v) is 9.29. The van der Waals surface area contributed by atoms with Crippen LogP contribution in [0.15, 0.2) is 71.6 Å². The van der Waals surface area contributed by atoms with Gasteiger partial charge in [0.1, 0.15) is 6.61 Å². The Kier molecular flexibility index (Phi) is 6.69. The summed E-state index contributed by atoms with van der Waals surface area (Å²) < 4.78 is 67.4. The summed E-state index contributed by atoms with van der Waals surface area (Å²) in [6.45, 7) is -2.86. The van der Waals surface area contributed by atoms with Crippen molar-refractivity contribution in [2.45, 2.75) is 24.5 Å². The van der Waals surface area contributed by atoms with Crippen LogP contribution in [0.4, 0.5) is 14.5 Å². The van der Waals surface area contributed by atoms with Crippen LogP contribution in [0.2, 0.25) is 0 Å². The summed E-state index contributed by atoms with van der Waals surface area (Å²) in [6, 6.07) is 17.1. The molecule has 1 heterocycles. The van der Waals surface area contributed by atoms with Gasteiger partial charge in [0.25, 0.3) is 10.0 Å². The number of fused-ring (bicyclic) bond motifs is 1. The Morgan fingerprint density at radius 1 is 1.03 bits per heavy atom. The standard InChI is InChI=1S/C24H21F2NO6S/c1-31-22-13-16(9-10-21(22)33-24(25)26)15-32-23(28)18-6-4-7-19(14-18)34(29,30)27-12-11-17-5-2-3-8-20(17)27/h2-10,13-14,24H,11-12,15H2,1H3. The first-order chi connectivity index (χ1) is 16.3. The molecule has 0 amide bonds. The maximum atomic E-state index is 13.2. The maximum Gasteiger partial charge on any atom is 0.387 e. The van der Waals surface area contributed by atoms with Crippen molar-refractivity contribution < 1.29 is 36.2 Å². The minimum atomic E-state index is -3.87. The smallest absolute Gasteiger partial charge is 0.387 e. The Hall–Kier alpha value is -3.66. The molecule has 0 atom stereocenters. The fourth-order valence-electron chi connectivity index (χ4n) is 3.70. The predicted molar refractivity (Wildman–Crippen MR) is 120 cm³/mol. The minimum Gasteiger partial charge on any atom is -0.493 e. The fraction of sp³-hybridized carbons (Fsp3) is 0.208. The first kappa shape index (κ1) is 23.5. The van der Waals surface area contributed by atoms with Gasteiger partial charge in [-0.3, -0.25) is 4.31 Å². The number of hydrogen-bond acceptors (Lipinski definition) is 6. The van der Waals surface area contributed by atoms with Crippen LogP contribution >= 0.6 is 0 Å². The number of esters is 1. The number of hydrogen-bond donors (Lipinski definition) is 0. The molecule has 1 aliphatic heterocycles. The van der Waals surface area contributed by atoms with E-state index in [9.17, 15) is 22.0 Å². The molecule has 0 aliphatic carbocycles. The van der Waals surface area contributed by atoms with Crippen molar-refractivity contribution >= 4 is 21.7 Å². The van der Waals surface area contributed by atoms with Crippen molar-refractivity contribution in [3.8, 4) is 11.5 Å². The summed E-state index contributed by atoms with van der Waals surface area (Å²) in [4.78, 5) is 12.6. The summed E-state index contributed by atoms with van der Waals surface area (Å²) in [5.41, 5.74) is 2.12. The number of para-hydroxylation sites is 1. The van der Waals surface area contributed by atoms with E-state index in [1.807, 2.05) is 12.1 Å². The summed E-state index contributed by atoms with van der Waals surface area (Å²) in [5.74, 6) is -0.812. The zero-order chi connectivity index (χ0) is 24.3. The number of nitrogens with zero attached hydrogens (tertiary/aromatic N) is 1. The molecular weight excluding hydrogens is 468 g/mol. The molecule has 0 bridgehead atoms. The van der Waals surface area contributed by atoms with Gasteiger partial charge in [0.2, 0.25) is 0 Å². The lowest BCUT2D eigenvalue weighted by Crippen LogP contribution is -2.29. The van der Waals surface area contributed by atoms with Crippen LogP contribution in [-0.2, 0) is 27.8 Å². The SMILES string of the molecule is COc1cc(COC(=O)c2cccc(S(=O)(=O)N3CCc4ccccc43)c2)ccc1OC(F)F. The molecule has 1 aliphatic rings. The van der Waals surface area contributed by atoms with Crippen LogP contribution < -0.4 is 13.8 Å². The summed E-state index contributed by atoms with van der Waals surface area (Å²) in [7, 11) is -2.57. The molecule has 0 N–H and O–H groups in total. The van der Waals surface area contributed by atoms with Gasteiger partial charge >= 0.3 is 12.6 Å². The molecule has 0 spiro atoms. The van der Waals surface area contributed by atoms with Gasteiger partial charge in [-0.05, 0) is 53.9 Å². The number of ether oxygens (including phenoxy) is 3. The largest absolute Gasteiger partial charge is 0.493 e. The molecule has 0 unspecified atom stereocenters. The van der Waals surface area contributed by atoms with E-state index < -0.39 is 22.6 Å². The summed E-state index contributed by atoms with van der Waals surface area (Å²) in [5, 5.41) is 0. The molecule has 3 aromatic rings. The number of alkyl halides is 2. The van der Waals surface area contributed by atoms with Crippen molar-refractivity contribution in [1.82, 2.24) is 0 Å². The van der Waals surface area contributed by atoms with E-state index in [1.165, 1.54) is 53.9 Å². The summed E-state index contributed by atoms with van der Waals surface area (Å²) in [6.07, 6.45) is 0.613. The number of carbonyl (C=O) groups excluding carboxylic acids is 1. The number of benzene rings is 3. The van der Waals surface area contributed by atoms with Gasteiger partial charge in [-0.15, -0.1) is 0 Å². The highest BCUT2D eigenvalue weighted by molar-refractivity contribution is 7.92. The predicted octanol–water partition coefficient (Wildman–Crippen LogP) is 4.41. The molecule has 0 saturated carbocycles. The molecule has 10 heteroatoms. The van der Waals surface area contributed by atoms with Crippen molar-refractivity contribution in [2.75, 3.05) is 18.0 Å². The van der Waals surface area contributed by atoms with E-state index in [0.29, 0.717) is 24.2 Å². The maximum absolute atomic E-state index is 13.2. The number of rotatable bonds is 8. The molecule has 0 saturated heterocycles. The van der Waals surface area contributed by atoms with Gasteiger partial charge in [0.15, 0.2) is 11.5 Å². The minimum absolute atomic E-state index is 0.0196. The fourth-order valence-corrected chi connectivity index (χ4v) is 5.25. The third-order valence-corrected chi connectivity index (χ3v) is 7.13. The molecule has 7 nitrogen and oxygen atoms in total. The number of carbonyl (C=O) groups is 1. The lowest BCUT2D eigenvalue weighted by atomic mass is 10.2. The molecular formula is C24H21F2NO6S. The van der Waals surface area contributed by atoms with Crippen LogP contribution in [-0.4, -0.2) is 34.7 Å². The Balaban J connectivity index is 1.49. The number of halogens is 2. The highest BCUT2D eigenvalue weighted by atomic mass is 32.2. The molecule has 4 rings (SSSR count). The van der Waals surface area contributed by atoms with Crippen LogP contribution in [0.3, 0.4) is 0 Å². The number of methoxy groups -OCH3 is 1. The Morgan fingerprint density at radius 2 is 1.82 bits per heavy atom. The summed E-state index contributed by atoms with van der Waals surface area (Å²) >= 11 is 0. The van der Waals surface area contributed by atoms with E-state index in [-0.39, 0.29) is 28.6 Å². The van der Waals surface area contributed by atoms with E-state index in [0.717, 1.165) is 5.56 Å². The Labute approximate surface area is 195 Å². The van der Waals surface area contributed by atoms with Gasteiger partial charge in [-0.1, -0.05) is 30.3 Å². The monoisotopic (exact) mass is 489 g/mol. The van der Waals surface area contributed by atoms with Crippen LogP contribution in [0, 0.1) is 0 Å². The third-order valence-electron chi connectivity index (χ3n) is 5.32. The van der Waals surface area contributed by atoms with E-state index in [2.05, 4.69) is 4.74 Å². The molecule has 0 fully saturated rings. The van der Waals surface area contributed by atoms with Crippen molar-refractivity contribution in [1.29, 1.82) is 0 Å². The average Bonchev–Trinajstić information content (AvgIpc) is 3.28. The van der Waals surface area contributed by atoms with Crippen molar-refractivity contribution in [2.24, 2.45) is 0 Å². The van der Waals surface area contributed by atoms with Crippen LogP contribution in [0.1, 0.15) is 21.5 Å². The zero-order valence-electron chi connectivity index (χ0n) is 18.1. The number of anilines is 1. The van der Waals surface area contributed by atoms with E-state index in [1.54, 1.807) is 12.1 Å². The molecule has 0 radical (unpaired) electrons. The van der Waals surface area contributed by atoms with Gasteiger partial charge in [0.05, 0.1) is 23.3 Å². The Morgan fingerprint density at radius 3 is 2.59 bits per heavy atom. The van der Waals surface area contributed by atoms with Crippen LogP contribution in [0.5, 0.6) is 11.5 Å². The quantitative estimate of drug-likeness (QED) is 0.436. The topological polar surface area (TPSA) is 82.1 Å². The molecule has 34 heavy (non-hydrogen) atoms. The molecule has 178 valence electrons. The zero-order valence-corrected chi connectivity index (χ0v) is 18.9. The van der Waals surface area contributed by atoms with E-state index in [4.69, 9.17) is 9.47 Å². The lowest BCUT2D eigenvalue weighted by molar-refractivity contribution is -0.0512. The van der Waals surface area contributed by atoms with Gasteiger partial charge < -0.3 is 14.2 Å². The Bertz CT molecular complexity index is 1310. The van der Waals surface area contributed by atoms with Crippen molar-refractivity contribution in [3.63, 3.8) is 0 Å². The van der Waals surface area contributed by atoms with Gasteiger partial charge in [0, 0.05) is 6.54 Å². The second kappa shape index (κ2) is 9.68. The normalized spacial score (nSPS) is 13.0. The van der Waals surface area contributed by atoms with E-state index >= 15 is 0 Å². The second-order valence-electron chi connectivity index (χ2n) is 7.42. The highest BCUT2D eigenvalue weighted by Crippen LogP contribution is 2.33. The third kappa shape index (κ3) is 4.81. The molecule has 3 aromatic carbocycles. The first-order valence-corrected chi connectivity index (χ1v) is 11.7.